The zero-order valence-corrected chi connectivity index (χ0v) is 21.9. The summed E-state index contributed by atoms with van der Waals surface area (Å²) in [5, 5.41) is 6.77. The van der Waals surface area contributed by atoms with Crippen LogP contribution in [0.2, 0.25) is 5.02 Å². The van der Waals surface area contributed by atoms with Crippen molar-refractivity contribution in [2.45, 2.75) is 29.8 Å². The lowest BCUT2D eigenvalue weighted by atomic mass is 10.1. The molecule has 5 amide bonds. The molecule has 1 unspecified atom stereocenters. The topological polar surface area (TPSA) is 188 Å². The van der Waals surface area contributed by atoms with E-state index in [1.54, 1.807) is 0 Å². The number of hydrogen-bond donors (Lipinski definition) is 5. The summed E-state index contributed by atoms with van der Waals surface area (Å²) in [6.07, 6.45) is -3.03. The maximum atomic E-state index is 12.7. The van der Waals surface area contributed by atoms with Crippen LogP contribution in [-0.2, 0) is 37.1 Å². The predicted molar refractivity (Wildman–Crippen MR) is 132 cm³/mol. The van der Waals surface area contributed by atoms with E-state index in [-0.39, 0.29) is 41.0 Å². The van der Waals surface area contributed by atoms with Crippen LogP contribution >= 0.6 is 22.9 Å². The van der Waals surface area contributed by atoms with Gasteiger partial charge in [0.05, 0.1) is 17.1 Å². The number of aliphatic imine (C=N–C) groups is 1. The summed E-state index contributed by atoms with van der Waals surface area (Å²) in [6.45, 7) is 0.00465. The molecule has 0 radical (unpaired) electrons. The van der Waals surface area contributed by atoms with Crippen LogP contribution in [0.25, 0.3) is 0 Å². The maximum absolute atomic E-state index is 12.7. The first kappa shape index (κ1) is 29.9. The first-order valence-corrected chi connectivity index (χ1v) is 13.5. The van der Waals surface area contributed by atoms with Gasteiger partial charge in [0.2, 0.25) is 17.7 Å². The third-order valence-electron chi connectivity index (χ3n) is 4.84. The Bertz CT molecular complexity index is 1410. The molecule has 39 heavy (non-hydrogen) atoms. The molecule has 0 saturated carbocycles. The highest BCUT2D eigenvalue weighted by atomic mass is 35.5. The van der Waals surface area contributed by atoms with Gasteiger partial charge in [-0.2, -0.15) is 13.2 Å². The molecule has 3 rings (SSSR count). The summed E-state index contributed by atoms with van der Waals surface area (Å²) in [7, 11) is -4.14. The molecule has 0 saturated heterocycles. The molecule has 1 aliphatic heterocycles. The number of nitrogens with one attached hydrogen (secondary N) is 5. The highest BCUT2D eigenvalue weighted by molar-refractivity contribution is 7.91. The van der Waals surface area contributed by atoms with Gasteiger partial charge in [-0.3, -0.25) is 25.1 Å². The number of pyridine rings is 1. The Labute approximate surface area is 227 Å². The summed E-state index contributed by atoms with van der Waals surface area (Å²) in [5.74, 6) is -3.56. The van der Waals surface area contributed by atoms with E-state index in [1.807, 2.05) is 15.6 Å². The molecule has 210 valence electrons. The fraction of sp³-hybridized carbons (Fsp3) is 0.300. The third-order valence-corrected chi connectivity index (χ3v) is 7.95. The average molecular weight is 610 g/mol. The van der Waals surface area contributed by atoms with Crippen LogP contribution in [0.4, 0.5) is 23.8 Å². The zero-order valence-electron chi connectivity index (χ0n) is 19.5. The van der Waals surface area contributed by atoms with E-state index in [0.29, 0.717) is 11.1 Å². The van der Waals surface area contributed by atoms with Gasteiger partial charge >= 0.3 is 12.2 Å². The van der Waals surface area contributed by atoms with Gasteiger partial charge in [0.15, 0.2) is 5.92 Å². The first-order chi connectivity index (χ1) is 18.3. The van der Waals surface area contributed by atoms with Crippen molar-refractivity contribution in [2.24, 2.45) is 10.9 Å². The van der Waals surface area contributed by atoms with E-state index >= 15 is 0 Å². The van der Waals surface area contributed by atoms with E-state index in [0.717, 1.165) is 23.6 Å². The number of aromatic nitrogens is 1. The van der Waals surface area contributed by atoms with Gasteiger partial charge < -0.3 is 10.6 Å². The number of thiophene rings is 1. The van der Waals surface area contributed by atoms with Gasteiger partial charge in [0.1, 0.15) is 10.0 Å². The number of carbonyl (C=O) groups excluding carboxylic acids is 4. The number of imide groups is 1. The second-order valence-corrected chi connectivity index (χ2v) is 11.2. The number of rotatable bonds is 11. The minimum atomic E-state index is -4.59. The third kappa shape index (κ3) is 8.44. The number of hydrogen-bond acceptors (Lipinski definition) is 9. The van der Waals surface area contributed by atoms with Crippen molar-refractivity contribution in [1.82, 2.24) is 25.9 Å². The van der Waals surface area contributed by atoms with Crippen LogP contribution in [0, 0.1) is 5.92 Å². The highest BCUT2D eigenvalue weighted by Gasteiger charge is 2.32. The largest absolute Gasteiger partial charge is 0.417 e. The van der Waals surface area contributed by atoms with Crippen molar-refractivity contribution < 1.29 is 40.8 Å². The van der Waals surface area contributed by atoms with Crippen LogP contribution in [0.3, 0.4) is 0 Å². The Hall–Kier alpha value is -3.61. The number of anilines is 1. The maximum Gasteiger partial charge on any atom is 0.417 e. The van der Waals surface area contributed by atoms with E-state index < -0.39 is 51.4 Å². The molecule has 3 heterocycles. The van der Waals surface area contributed by atoms with Gasteiger partial charge in [-0.15, -0.1) is 16.2 Å². The lowest BCUT2D eigenvalue weighted by Crippen LogP contribution is -2.46. The number of halogens is 4. The molecule has 2 aromatic rings. The van der Waals surface area contributed by atoms with E-state index in [1.165, 1.54) is 12.1 Å². The molecule has 2 aromatic heterocycles. The molecule has 13 nitrogen and oxygen atoms in total. The molecule has 0 spiro atoms. The normalized spacial score (nSPS) is 15.5. The van der Waals surface area contributed by atoms with Crippen molar-refractivity contribution in [3.8, 4) is 0 Å². The standard InChI is InChI=1S/C20H19ClF3N7O6S2/c21-13-6-10(20(22,23)24)7-26-16(13)25-5-1-2-14(32)30-31-39(36,37)15-4-3-11(38-15)8-27-17(33)12-9-28-19(35)29-18(12)34/h3-4,6-7,9,12,31H,1-2,5,8H2,(H,25,26)(H,27,33)(H,30,32)(H,29,34,35). The first-order valence-electron chi connectivity index (χ1n) is 10.8. The second-order valence-electron chi connectivity index (χ2n) is 7.72. The van der Waals surface area contributed by atoms with Crippen LogP contribution in [0.1, 0.15) is 23.3 Å². The smallest absolute Gasteiger partial charge is 0.369 e. The van der Waals surface area contributed by atoms with Crippen LogP contribution in [0.5, 0.6) is 0 Å². The van der Waals surface area contributed by atoms with Gasteiger partial charge in [-0.25, -0.2) is 23.2 Å². The van der Waals surface area contributed by atoms with E-state index in [4.69, 9.17) is 11.6 Å². The summed E-state index contributed by atoms with van der Waals surface area (Å²) >= 11 is 6.58. The molecule has 0 bridgehead atoms. The number of alkyl halides is 3. The molecular formula is C20H19ClF3N7O6S2. The molecule has 0 aromatic carbocycles. The number of carbonyl (C=O) groups is 4. The Morgan fingerprint density at radius 2 is 1.95 bits per heavy atom. The number of amides is 5. The average Bonchev–Trinajstić information content (AvgIpc) is 3.34. The second kappa shape index (κ2) is 12.5. The Morgan fingerprint density at radius 1 is 1.21 bits per heavy atom. The van der Waals surface area contributed by atoms with Crippen molar-refractivity contribution >= 4 is 68.7 Å². The van der Waals surface area contributed by atoms with Gasteiger partial charge in [0.25, 0.3) is 10.0 Å². The fourth-order valence-corrected chi connectivity index (χ4v) is 5.30. The summed E-state index contributed by atoms with van der Waals surface area (Å²) in [4.78, 5) is 56.1. The number of sulfonamides is 1. The van der Waals surface area contributed by atoms with Gasteiger partial charge in [-0.1, -0.05) is 11.6 Å². The van der Waals surface area contributed by atoms with Crippen molar-refractivity contribution in [1.29, 1.82) is 0 Å². The molecule has 5 N–H and O–H groups in total. The summed E-state index contributed by atoms with van der Waals surface area (Å²) < 4.78 is 62.7. The molecule has 1 atom stereocenters. The molecule has 0 fully saturated rings. The highest BCUT2D eigenvalue weighted by Crippen LogP contribution is 2.32. The number of hydrazine groups is 1. The van der Waals surface area contributed by atoms with Crippen LogP contribution < -0.4 is 26.2 Å². The lowest BCUT2D eigenvalue weighted by Gasteiger charge is -2.14. The molecule has 0 aliphatic carbocycles. The van der Waals surface area contributed by atoms with Gasteiger partial charge in [-0.05, 0) is 24.6 Å². The minimum Gasteiger partial charge on any atom is -0.369 e. The zero-order chi connectivity index (χ0) is 28.8. The predicted octanol–water partition coefficient (Wildman–Crippen LogP) is 1.57. The van der Waals surface area contributed by atoms with Crippen molar-refractivity contribution in [2.75, 3.05) is 11.9 Å². The monoisotopic (exact) mass is 609 g/mol. The molecule has 1 aliphatic rings. The SMILES string of the molecule is O=C(CCCNc1ncc(C(F)(F)F)cc1Cl)NNS(=O)(=O)c1ccc(CNC(=O)C2C=NC(=O)NC2=O)s1. The van der Waals surface area contributed by atoms with E-state index in [9.17, 15) is 40.8 Å². The van der Waals surface area contributed by atoms with Crippen molar-refractivity contribution in [3.05, 3.63) is 39.9 Å². The quantitative estimate of drug-likeness (QED) is 0.144. The van der Waals surface area contributed by atoms with Crippen LogP contribution in [-0.4, -0.2) is 49.9 Å². The Morgan fingerprint density at radius 3 is 2.62 bits per heavy atom. The van der Waals surface area contributed by atoms with Crippen molar-refractivity contribution in [3.63, 3.8) is 0 Å². The Balaban J connectivity index is 1.41. The Kier molecular flexibility index (Phi) is 9.59. The minimum absolute atomic E-state index is 0.000654. The molecular weight excluding hydrogens is 591 g/mol. The number of nitrogens with zero attached hydrogens (tertiary/aromatic N) is 2. The number of urea groups is 1. The summed E-state index contributed by atoms with van der Waals surface area (Å²) in [5.41, 5.74) is 1.04. The van der Waals surface area contributed by atoms with E-state index in [2.05, 4.69) is 20.6 Å². The van der Waals surface area contributed by atoms with Gasteiger partial charge in [0, 0.05) is 30.3 Å². The molecule has 19 heteroatoms. The van der Waals surface area contributed by atoms with Crippen LogP contribution in [0.15, 0.2) is 33.6 Å². The summed E-state index contributed by atoms with van der Waals surface area (Å²) in [6, 6.07) is 2.51. The lowest BCUT2D eigenvalue weighted by molar-refractivity contribution is -0.138. The fourth-order valence-electron chi connectivity index (χ4n) is 2.91.